The van der Waals surface area contributed by atoms with Crippen molar-refractivity contribution in [1.29, 1.82) is 0 Å². The van der Waals surface area contributed by atoms with Crippen LogP contribution in [0.4, 0.5) is 5.69 Å². The maximum Gasteiger partial charge on any atom is 0.227 e. The Hall–Kier alpha value is -2.37. The Morgan fingerprint density at radius 2 is 1.72 bits per heavy atom. The van der Waals surface area contributed by atoms with Gasteiger partial charge >= 0.3 is 0 Å². The summed E-state index contributed by atoms with van der Waals surface area (Å²) in [4.78, 5) is 41.3. The molecule has 0 bridgehead atoms. The molecule has 0 aromatic heterocycles. The summed E-state index contributed by atoms with van der Waals surface area (Å²) in [5, 5.41) is 3.14. The molecule has 6 nitrogen and oxygen atoms in total. The predicted octanol–water partition coefficient (Wildman–Crippen LogP) is 2.05. The molecule has 3 fully saturated rings. The number of likely N-dealkylation sites (tertiary alicyclic amines) is 1. The lowest BCUT2D eigenvalue weighted by atomic mass is 10.0. The number of nitrogens with one attached hydrogen (secondary N) is 1. The largest absolute Gasteiger partial charge is 0.353 e. The van der Waals surface area contributed by atoms with Crippen molar-refractivity contribution in [2.45, 2.75) is 57.4 Å². The molecule has 4 aliphatic rings. The summed E-state index contributed by atoms with van der Waals surface area (Å²) in [6.07, 6.45) is 7.35. The highest BCUT2D eigenvalue weighted by atomic mass is 16.2. The van der Waals surface area contributed by atoms with E-state index in [0.29, 0.717) is 12.5 Å². The highest BCUT2D eigenvalue weighted by Gasteiger charge is 2.38. The summed E-state index contributed by atoms with van der Waals surface area (Å²) in [6, 6.07) is 6.40. The summed E-state index contributed by atoms with van der Waals surface area (Å²) >= 11 is 0. The molecule has 5 rings (SSSR count). The first-order valence-electron chi connectivity index (χ1n) is 11.1. The molecular formula is C23H29N3O3. The van der Waals surface area contributed by atoms with Gasteiger partial charge in [0.1, 0.15) is 0 Å². The summed E-state index contributed by atoms with van der Waals surface area (Å²) < 4.78 is 0. The van der Waals surface area contributed by atoms with Gasteiger partial charge in [0, 0.05) is 43.7 Å². The van der Waals surface area contributed by atoms with Gasteiger partial charge in [0.25, 0.3) is 0 Å². The van der Waals surface area contributed by atoms with Crippen LogP contribution in [0.2, 0.25) is 0 Å². The van der Waals surface area contributed by atoms with Gasteiger partial charge in [-0.3, -0.25) is 14.4 Å². The molecule has 2 aliphatic heterocycles. The van der Waals surface area contributed by atoms with Crippen molar-refractivity contribution >= 4 is 23.4 Å². The average molecular weight is 396 g/mol. The molecule has 29 heavy (non-hydrogen) atoms. The molecule has 1 saturated carbocycles. The maximum absolute atomic E-state index is 12.8. The first-order valence-corrected chi connectivity index (χ1v) is 11.1. The Morgan fingerprint density at radius 1 is 0.966 bits per heavy atom. The van der Waals surface area contributed by atoms with E-state index >= 15 is 0 Å². The third-order valence-corrected chi connectivity index (χ3v) is 6.97. The normalized spacial score (nSPS) is 24.7. The molecule has 1 aromatic carbocycles. The first kappa shape index (κ1) is 18.6. The summed E-state index contributed by atoms with van der Waals surface area (Å²) in [6.45, 7) is 1.92. The number of fused-ring (bicyclic) bond motifs is 1. The number of rotatable bonds is 4. The lowest BCUT2D eigenvalue weighted by Crippen LogP contribution is -2.48. The number of carbonyl (C=O) groups excluding carboxylic acids is 3. The van der Waals surface area contributed by atoms with Gasteiger partial charge in [-0.25, -0.2) is 0 Å². The van der Waals surface area contributed by atoms with Crippen LogP contribution in [0.5, 0.6) is 0 Å². The molecule has 6 heteroatoms. The third-order valence-electron chi connectivity index (χ3n) is 6.97. The second-order valence-electron chi connectivity index (χ2n) is 9.09. The molecule has 2 saturated heterocycles. The van der Waals surface area contributed by atoms with E-state index < -0.39 is 0 Å². The second-order valence-corrected chi connectivity index (χ2v) is 9.09. The third kappa shape index (κ3) is 3.77. The molecule has 2 aliphatic carbocycles. The number of nitrogens with zero attached hydrogens (tertiary/aromatic N) is 2. The number of hydrogen-bond donors (Lipinski definition) is 1. The van der Waals surface area contributed by atoms with Crippen molar-refractivity contribution in [3.8, 4) is 0 Å². The predicted molar refractivity (Wildman–Crippen MR) is 109 cm³/mol. The van der Waals surface area contributed by atoms with Gasteiger partial charge in [-0.1, -0.05) is 6.07 Å². The van der Waals surface area contributed by atoms with E-state index in [0.717, 1.165) is 57.3 Å². The quantitative estimate of drug-likeness (QED) is 0.848. The zero-order chi connectivity index (χ0) is 20.0. The summed E-state index contributed by atoms with van der Waals surface area (Å²) in [5.41, 5.74) is 3.66. The monoisotopic (exact) mass is 395 g/mol. The molecule has 1 atom stereocenters. The number of anilines is 1. The van der Waals surface area contributed by atoms with Crippen LogP contribution in [0.1, 0.15) is 49.7 Å². The van der Waals surface area contributed by atoms with Crippen LogP contribution in [0.15, 0.2) is 18.2 Å². The molecular weight excluding hydrogens is 366 g/mol. The van der Waals surface area contributed by atoms with Crippen molar-refractivity contribution in [2.24, 2.45) is 11.8 Å². The van der Waals surface area contributed by atoms with Crippen LogP contribution in [-0.2, 0) is 27.2 Å². The Labute approximate surface area is 171 Å². The van der Waals surface area contributed by atoms with Crippen LogP contribution in [0.25, 0.3) is 0 Å². The van der Waals surface area contributed by atoms with Crippen LogP contribution in [-0.4, -0.2) is 48.3 Å². The topological polar surface area (TPSA) is 69.7 Å². The van der Waals surface area contributed by atoms with E-state index in [4.69, 9.17) is 0 Å². The maximum atomic E-state index is 12.8. The zero-order valence-corrected chi connectivity index (χ0v) is 16.9. The number of piperidine rings is 1. The lowest BCUT2D eigenvalue weighted by molar-refractivity contribution is -0.134. The molecule has 1 N–H and O–H groups in total. The fourth-order valence-electron chi connectivity index (χ4n) is 5.01. The van der Waals surface area contributed by atoms with Gasteiger partial charge in [-0.05, 0) is 68.2 Å². The molecule has 154 valence electrons. The van der Waals surface area contributed by atoms with Gasteiger partial charge in [-0.15, -0.1) is 0 Å². The summed E-state index contributed by atoms with van der Waals surface area (Å²) in [7, 11) is 0. The first-order chi connectivity index (χ1) is 14.1. The standard InChI is InChI=1S/C23H29N3O3/c27-21-13-18(14-26(21)20-7-6-15-2-1-3-17(15)12-20)22(28)24-19-8-10-25(11-9-19)23(29)16-4-5-16/h6-7,12,16,18-19H,1-5,8-11,13-14H2,(H,24,28)/t18-/m0/s1. The molecule has 1 aromatic rings. The molecule has 0 spiro atoms. The van der Waals surface area contributed by atoms with Gasteiger partial charge < -0.3 is 15.1 Å². The SMILES string of the molecule is O=C(NC1CCN(C(=O)C2CC2)CC1)[C@H]1CC(=O)N(c2ccc3c(c2)CCC3)C1. The molecule has 3 amide bonds. The number of amides is 3. The molecule has 0 unspecified atom stereocenters. The second kappa shape index (κ2) is 7.47. The lowest BCUT2D eigenvalue weighted by Gasteiger charge is -2.33. The van der Waals surface area contributed by atoms with E-state index in [1.54, 1.807) is 4.90 Å². The van der Waals surface area contributed by atoms with Crippen molar-refractivity contribution in [3.63, 3.8) is 0 Å². The fraction of sp³-hybridized carbons (Fsp3) is 0.609. The van der Waals surface area contributed by atoms with Crippen LogP contribution in [0.3, 0.4) is 0 Å². The van der Waals surface area contributed by atoms with Gasteiger partial charge in [-0.2, -0.15) is 0 Å². The number of carbonyl (C=O) groups is 3. The molecule has 2 heterocycles. The van der Waals surface area contributed by atoms with Gasteiger partial charge in [0.05, 0.1) is 5.92 Å². The minimum absolute atomic E-state index is 0.0195. The van der Waals surface area contributed by atoms with Gasteiger partial charge in [0.2, 0.25) is 17.7 Å². The Bertz CT molecular complexity index is 840. The van der Waals surface area contributed by atoms with Gasteiger partial charge in [0.15, 0.2) is 0 Å². The zero-order valence-electron chi connectivity index (χ0n) is 16.9. The fourth-order valence-corrected chi connectivity index (χ4v) is 5.01. The van der Waals surface area contributed by atoms with E-state index in [9.17, 15) is 14.4 Å². The highest BCUT2D eigenvalue weighted by Crippen LogP contribution is 2.32. The Balaban J connectivity index is 1.15. The number of hydrogen-bond acceptors (Lipinski definition) is 3. The Morgan fingerprint density at radius 3 is 2.48 bits per heavy atom. The van der Waals surface area contributed by atoms with E-state index in [-0.39, 0.29) is 36.1 Å². The van der Waals surface area contributed by atoms with Crippen molar-refractivity contribution < 1.29 is 14.4 Å². The Kier molecular flexibility index (Phi) is 4.80. The minimum atomic E-state index is -0.290. The van der Waals surface area contributed by atoms with Crippen molar-refractivity contribution in [3.05, 3.63) is 29.3 Å². The van der Waals surface area contributed by atoms with E-state index in [1.807, 2.05) is 11.0 Å². The van der Waals surface area contributed by atoms with Crippen LogP contribution >= 0.6 is 0 Å². The number of benzene rings is 1. The van der Waals surface area contributed by atoms with E-state index in [1.165, 1.54) is 17.5 Å². The van der Waals surface area contributed by atoms with Crippen LogP contribution in [0, 0.1) is 11.8 Å². The average Bonchev–Trinajstić information content (AvgIpc) is 3.35. The summed E-state index contributed by atoms with van der Waals surface area (Å²) in [5.74, 6) is 0.279. The minimum Gasteiger partial charge on any atom is -0.353 e. The number of aryl methyl sites for hydroxylation is 2. The van der Waals surface area contributed by atoms with E-state index in [2.05, 4.69) is 17.4 Å². The van der Waals surface area contributed by atoms with Crippen molar-refractivity contribution in [1.82, 2.24) is 10.2 Å². The highest BCUT2D eigenvalue weighted by molar-refractivity contribution is 6.00. The van der Waals surface area contributed by atoms with Crippen LogP contribution < -0.4 is 10.2 Å². The molecule has 0 radical (unpaired) electrons. The van der Waals surface area contributed by atoms with Crippen molar-refractivity contribution in [2.75, 3.05) is 24.5 Å². The smallest absolute Gasteiger partial charge is 0.227 e.